The highest BCUT2D eigenvalue weighted by Gasteiger charge is 2.30. The van der Waals surface area contributed by atoms with Gasteiger partial charge in [-0.3, -0.25) is 0 Å². The number of aliphatic imine (C=N–C) groups is 1. The third-order valence-corrected chi connectivity index (χ3v) is 3.43. The molecule has 1 aliphatic carbocycles. The number of nitrogens with one attached hydrogen (secondary N) is 2. The molecule has 1 aromatic rings. The molecule has 0 unspecified atom stereocenters. The summed E-state index contributed by atoms with van der Waals surface area (Å²) < 4.78 is 37.9. The van der Waals surface area contributed by atoms with Gasteiger partial charge in [0.05, 0.1) is 5.56 Å². The summed E-state index contributed by atoms with van der Waals surface area (Å²) in [6, 6.07) is 5.32. The monoisotopic (exact) mass is 463 g/mol. The van der Waals surface area contributed by atoms with E-state index in [1.807, 2.05) is 6.92 Å². The van der Waals surface area contributed by atoms with Crippen molar-refractivity contribution in [2.45, 2.75) is 32.0 Å². The van der Waals surface area contributed by atoms with E-state index in [4.69, 9.17) is 0 Å². The average molecular weight is 463 g/mol. The van der Waals surface area contributed by atoms with E-state index in [1.165, 1.54) is 6.07 Å². The summed E-state index contributed by atoms with van der Waals surface area (Å²) in [5.41, 5.74) is -0.362. The quantitative estimate of drug-likeness (QED) is 0.234. The second-order valence-electron chi connectivity index (χ2n) is 5.36. The summed E-state index contributed by atoms with van der Waals surface area (Å²) in [7, 11) is 0. The van der Waals surface area contributed by atoms with Crippen molar-refractivity contribution in [3.8, 4) is 11.8 Å². The lowest BCUT2D eigenvalue weighted by Gasteiger charge is -2.16. The van der Waals surface area contributed by atoms with E-state index < -0.39 is 11.7 Å². The van der Waals surface area contributed by atoms with Crippen LogP contribution >= 0.6 is 24.0 Å². The minimum atomic E-state index is -4.35. The highest BCUT2D eigenvalue weighted by molar-refractivity contribution is 14.0. The molecule has 1 aromatic carbocycles. The Balaban J connectivity index is 0.00000312. The number of nitrogens with zero attached hydrogens (tertiary/aromatic N) is 1. The maximum absolute atomic E-state index is 12.6. The Hall–Kier alpha value is -1.69. The molecule has 2 N–H and O–H groups in total. The van der Waals surface area contributed by atoms with Crippen molar-refractivity contribution in [2.75, 3.05) is 13.1 Å². The average Bonchev–Trinajstić information content (AvgIpc) is 3.04. The normalized spacial score (nSPS) is 14.5. The molecular weight excluding hydrogens is 442 g/mol. The number of benzene rings is 1. The number of alkyl halides is 3. The summed E-state index contributed by atoms with van der Waals surface area (Å²) in [4.78, 5) is 4.33. The molecule has 7 heteroatoms. The summed E-state index contributed by atoms with van der Waals surface area (Å²) in [5, 5.41) is 6.44. The van der Waals surface area contributed by atoms with E-state index >= 15 is 0 Å². The molecule has 1 aliphatic rings. The Bertz CT molecular complexity index is 664. The van der Waals surface area contributed by atoms with Gasteiger partial charge in [0.15, 0.2) is 5.96 Å². The van der Waals surface area contributed by atoms with Crippen molar-refractivity contribution in [3.05, 3.63) is 47.5 Å². The zero-order valence-electron chi connectivity index (χ0n) is 13.9. The van der Waals surface area contributed by atoms with Gasteiger partial charge in [-0.2, -0.15) is 13.2 Å². The van der Waals surface area contributed by atoms with Gasteiger partial charge in [0.25, 0.3) is 0 Å². The maximum atomic E-state index is 12.6. The van der Waals surface area contributed by atoms with Gasteiger partial charge >= 0.3 is 6.18 Å². The van der Waals surface area contributed by atoms with Crippen LogP contribution in [0, 0.1) is 11.8 Å². The van der Waals surface area contributed by atoms with E-state index in [1.54, 1.807) is 6.07 Å². The molecule has 2 rings (SSSR count). The lowest BCUT2D eigenvalue weighted by molar-refractivity contribution is -0.137. The van der Waals surface area contributed by atoms with Gasteiger partial charge in [-0.25, -0.2) is 4.99 Å². The zero-order chi connectivity index (χ0) is 17.4. The van der Waals surface area contributed by atoms with Crippen molar-refractivity contribution in [1.82, 2.24) is 10.6 Å². The highest BCUT2D eigenvalue weighted by atomic mass is 127. The third-order valence-electron chi connectivity index (χ3n) is 3.43. The summed E-state index contributed by atoms with van der Waals surface area (Å²) in [5.74, 6) is 6.19. The first-order valence-electron chi connectivity index (χ1n) is 7.85. The Morgan fingerprint density at radius 2 is 2.00 bits per heavy atom. The number of hydrogen-bond donors (Lipinski definition) is 2. The zero-order valence-corrected chi connectivity index (χ0v) is 16.2. The van der Waals surface area contributed by atoms with Crippen LogP contribution in [0.2, 0.25) is 0 Å². The minimum Gasteiger partial charge on any atom is -0.357 e. The Labute approximate surface area is 163 Å². The molecule has 0 atom stereocenters. The number of hydrogen-bond acceptors (Lipinski definition) is 1. The first-order chi connectivity index (χ1) is 11.5. The van der Waals surface area contributed by atoms with Gasteiger partial charge in [-0.05, 0) is 38.0 Å². The van der Waals surface area contributed by atoms with Crippen LogP contribution in [0.5, 0.6) is 0 Å². The predicted octanol–water partition coefficient (Wildman–Crippen LogP) is 3.95. The number of halogens is 4. The number of rotatable bonds is 3. The SMILES string of the molecule is CCNC(=NCC#Cc1cccc(C(F)(F)F)c1)NC1CC=CC1.I. The molecular formula is C18H21F3IN3. The molecule has 0 amide bonds. The summed E-state index contributed by atoms with van der Waals surface area (Å²) >= 11 is 0. The lowest BCUT2D eigenvalue weighted by Crippen LogP contribution is -2.42. The van der Waals surface area contributed by atoms with Crippen molar-refractivity contribution in [1.29, 1.82) is 0 Å². The molecule has 0 bridgehead atoms. The second kappa shape index (κ2) is 10.3. The van der Waals surface area contributed by atoms with Crippen molar-refractivity contribution in [3.63, 3.8) is 0 Å². The molecule has 25 heavy (non-hydrogen) atoms. The Kier molecular flexibility index (Phi) is 8.83. The Morgan fingerprint density at radius 1 is 1.28 bits per heavy atom. The highest BCUT2D eigenvalue weighted by Crippen LogP contribution is 2.29. The van der Waals surface area contributed by atoms with Crippen LogP contribution < -0.4 is 10.6 Å². The smallest absolute Gasteiger partial charge is 0.357 e. The van der Waals surface area contributed by atoms with Gasteiger partial charge in [0.2, 0.25) is 0 Å². The Morgan fingerprint density at radius 3 is 2.64 bits per heavy atom. The molecule has 0 saturated carbocycles. The topological polar surface area (TPSA) is 36.4 Å². The molecule has 3 nitrogen and oxygen atoms in total. The molecule has 0 aliphatic heterocycles. The van der Waals surface area contributed by atoms with E-state index in [0.717, 1.165) is 31.5 Å². The first kappa shape index (κ1) is 21.4. The van der Waals surface area contributed by atoms with Gasteiger partial charge in [0.1, 0.15) is 6.54 Å². The molecule has 0 saturated heterocycles. The third kappa shape index (κ3) is 7.38. The van der Waals surface area contributed by atoms with Crippen LogP contribution in [-0.4, -0.2) is 25.1 Å². The molecule has 0 aromatic heterocycles. The van der Waals surface area contributed by atoms with Gasteiger partial charge in [-0.15, -0.1) is 24.0 Å². The molecule has 0 spiro atoms. The van der Waals surface area contributed by atoms with Gasteiger partial charge in [-0.1, -0.05) is 30.1 Å². The van der Waals surface area contributed by atoms with Crippen LogP contribution in [0.1, 0.15) is 30.9 Å². The minimum absolute atomic E-state index is 0. The van der Waals surface area contributed by atoms with Crippen molar-refractivity contribution < 1.29 is 13.2 Å². The van der Waals surface area contributed by atoms with Crippen LogP contribution in [0.4, 0.5) is 13.2 Å². The fraction of sp³-hybridized carbons (Fsp3) is 0.389. The number of guanidine groups is 1. The largest absolute Gasteiger partial charge is 0.416 e. The van der Waals surface area contributed by atoms with E-state index in [0.29, 0.717) is 17.6 Å². The van der Waals surface area contributed by atoms with E-state index in [2.05, 4.69) is 39.6 Å². The second-order valence-corrected chi connectivity index (χ2v) is 5.36. The van der Waals surface area contributed by atoms with E-state index in [9.17, 15) is 13.2 Å². The fourth-order valence-corrected chi connectivity index (χ4v) is 2.28. The van der Waals surface area contributed by atoms with Gasteiger partial charge < -0.3 is 10.6 Å². The van der Waals surface area contributed by atoms with Crippen molar-refractivity contribution in [2.24, 2.45) is 4.99 Å². The van der Waals surface area contributed by atoms with Crippen molar-refractivity contribution >= 4 is 29.9 Å². The molecule has 0 radical (unpaired) electrons. The van der Waals surface area contributed by atoms with Crippen LogP contribution in [0.25, 0.3) is 0 Å². The molecule has 0 fully saturated rings. The maximum Gasteiger partial charge on any atom is 0.416 e. The molecule has 0 heterocycles. The lowest BCUT2D eigenvalue weighted by atomic mass is 10.1. The van der Waals surface area contributed by atoms with Crippen LogP contribution in [-0.2, 0) is 6.18 Å². The summed E-state index contributed by atoms with van der Waals surface area (Å²) in [6.07, 6.45) is 1.80. The standard InChI is InChI=1S/C18H20F3N3.HI/c1-2-22-17(24-16-10-3-4-11-16)23-12-6-8-14-7-5-9-15(13-14)18(19,20)21;/h3-5,7,9,13,16H,2,10-12H2,1H3,(H2,22,23,24);1H. The predicted molar refractivity (Wildman–Crippen MR) is 105 cm³/mol. The summed E-state index contributed by atoms with van der Waals surface area (Å²) in [6.45, 7) is 2.91. The van der Waals surface area contributed by atoms with E-state index in [-0.39, 0.29) is 30.5 Å². The first-order valence-corrected chi connectivity index (χ1v) is 7.85. The fourth-order valence-electron chi connectivity index (χ4n) is 2.28. The van der Waals surface area contributed by atoms with Crippen LogP contribution in [0.15, 0.2) is 41.4 Å². The van der Waals surface area contributed by atoms with Crippen LogP contribution in [0.3, 0.4) is 0 Å². The molecule has 136 valence electrons. The van der Waals surface area contributed by atoms with Gasteiger partial charge in [0, 0.05) is 18.2 Å².